The normalized spacial score (nSPS) is 28.1. The Hall–Kier alpha value is -2.35. The van der Waals surface area contributed by atoms with Gasteiger partial charge in [0.15, 0.2) is 6.10 Å². The number of ether oxygens (including phenoxy) is 1. The molecule has 0 aromatic heterocycles. The molecule has 6 rings (SSSR count). The number of benzene rings is 2. The van der Waals surface area contributed by atoms with Crippen LogP contribution in [0.15, 0.2) is 60.7 Å². The fourth-order valence-electron chi connectivity index (χ4n) is 6.05. The van der Waals surface area contributed by atoms with Crippen molar-refractivity contribution >= 4 is 11.8 Å². The molecule has 4 aliphatic rings. The third-order valence-electron chi connectivity index (χ3n) is 8.12. The minimum absolute atomic E-state index is 0. The zero-order chi connectivity index (χ0) is 24.5. The van der Waals surface area contributed by atoms with Gasteiger partial charge in [0, 0.05) is 50.3 Å². The maximum Gasteiger partial charge on any atom is 0.328 e. The van der Waals surface area contributed by atoms with Gasteiger partial charge < -0.3 is 21.6 Å². The van der Waals surface area contributed by atoms with Gasteiger partial charge in [-0.2, -0.15) is 0 Å². The molecule has 36 heavy (non-hydrogen) atoms. The lowest BCUT2D eigenvalue weighted by atomic mass is 9.82. The molecule has 0 saturated carbocycles. The van der Waals surface area contributed by atoms with E-state index in [1.54, 1.807) is 0 Å². The van der Waals surface area contributed by atoms with Crippen LogP contribution in [-0.2, 0) is 9.53 Å². The molecule has 4 heterocycles. The predicted octanol–water partition coefficient (Wildman–Crippen LogP) is 1.50. The average Bonchev–Trinajstić information content (AvgIpc) is 2.87. The zero-order valence-electron chi connectivity index (χ0n) is 20.3. The lowest BCUT2D eigenvalue weighted by molar-refractivity contribution is -0.938. The van der Waals surface area contributed by atoms with E-state index in [9.17, 15) is 18.4 Å². The summed E-state index contributed by atoms with van der Waals surface area (Å²) < 4.78 is 34.4. The van der Waals surface area contributed by atoms with E-state index < -0.39 is 12.0 Å². The van der Waals surface area contributed by atoms with Gasteiger partial charge in [-0.15, -0.1) is 0 Å². The van der Waals surface area contributed by atoms with Crippen LogP contribution in [0.1, 0.15) is 47.6 Å². The SMILES string of the molecule is O=C(C[N+]12CCC(CC1)[C@@H](OC(=O)C(c1ccccc1)N1CCC(F)(F)CC1)C2)c1ccccc1.[Cl-]. The second kappa shape index (κ2) is 11.0. The molecule has 2 bridgehead atoms. The predicted molar refractivity (Wildman–Crippen MR) is 128 cm³/mol. The summed E-state index contributed by atoms with van der Waals surface area (Å²) in [6.07, 6.45) is 1.08. The highest BCUT2D eigenvalue weighted by Gasteiger charge is 2.49. The third-order valence-corrected chi connectivity index (χ3v) is 8.12. The lowest BCUT2D eigenvalue weighted by Crippen LogP contribution is -3.00. The van der Waals surface area contributed by atoms with Crippen molar-refractivity contribution in [2.24, 2.45) is 5.92 Å². The molecule has 0 amide bonds. The summed E-state index contributed by atoms with van der Waals surface area (Å²) >= 11 is 0. The summed E-state index contributed by atoms with van der Waals surface area (Å²) in [5, 5.41) is 0. The van der Waals surface area contributed by atoms with E-state index in [0.29, 0.717) is 23.1 Å². The quantitative estimate of drug-likeness (QED) is 0.317. The van der Waals surface area contributed by atoms with Crippen LogP contribution >= 0.6 is 0 Å². The van der Waals surface area contributed by atoms with Gasteiger partial charge in [-0.05, 0) is 5.56 Å². The Morgan fingerprint density at radius 1 is 0.972 bits per heavy atom. The van der Waals surface area contributed by atoms with Crippen molar-refractivity contribution in [3.05, 3.63) is 71.8 Å². The van der Waals surface area contributed by atoms with Gasteiger partial charge in [0.25, 0.3) is 5.92 Å². The Labute approximate surface area is 217 Å². The van der Waals surface area contributed by atoms with Gasteiger partial charge in [0.05, 0.1) is 13.1 Å². The molecule has 4 saturated heterocycles. The van der Waals surface area contributed by atoms with Crippen molar-refractivity contribution in [3.63, 3.8) is 0 Å². The van der Waals surface area contributed by atoms with E-state index in [2.05, 4.69) is 0 Å². The van der Waals surface area contributed by atoms with Crippen LogP contribution < -0.4 is 12.4 Å². The highest BCUT2D eigenvalue weighted by atomic mass is 35.5. The summed E-state index contributed by atoms with van der Waals surface area (Å²) in [7, 11) is 0. The van der Waals surface area contributed by atoms with E-state index in [1.165, 1.54) is 0 Å². The summed E-state index contributed by atoms with van der Waals surface area (Å²) in [6.45, 7) is 3.19. The van der Waals surface area contributed by atoms with Crippen LogP contribution in [-0.4, -0.2) is 72.4 Å². The molecule has 0 aliphatic carbocycles. The minimum atomic E-state index is -2.68. The number of hydrogen-bond acceptors (Lipinski definition) is 4. The smallest absolute Gasteiger partial charge is 0.328 e. The number of nitrogens with zero attached hydrogens (tertiary/aromatic N) is 2. The number of piperidine rings is 4. The van der Waals surface area contributed by atoms with Crippen molar-refractivity contribution < 1.29 is 40.0 Å². The van der Waals surface area contributed by atoms with Crippen molar-refractivity contribution in [2.45, 2.75) is 43.8 Å². The number of ketones is 1. The first-order chi connectivity index (χ1) is 16.8. The Bertz CT molecular complexity index is 1040. The molecule has 0 spiro atoms. The molecule has 194 valence electrons. The Kier molecular flexibility index (Phi) is 8.12. The molecule has 8 heteroatoms. The number of Topliss-reactive ketones (excluding diaryl/α,β-unsaturated/α-hetero) is 1. The molecule has 1 unspecified atom stereocenters. The summed E-state index contributed by atoms with van der Waals surface area (Å²) in [5.74, 6) is -2.65. The van der Waals surface area contributed by atoms with Crippen LogP contribution in [0.5, 0.6) is 0 Å². The summed E-state index contributed by atoms with van der Waals surface area (Å²) in [4.78, 5) is 28.4. The number of alkyl halides is 2. The van der Waals surface area contributed by atoms with Crippen LogP contribution in [0.4, 0.5) is 8.78 Å². The van der Waals surface area contributed by atoms with Gasteiger partial charge >= 0.3 is 5.97 Å². The first-order valence-electron chi connectivity index (χ1n) is 12.6. The van der Waals surface area contributed by atoms with E-state index in [4.69, 9.17) is 4.74 Å². The van der Waals surface area contributed by atoms with Gasteiger partial charge in [0.1, 0.15) is 19.1 Å². The monoisotopic (exact) mass is 518 g/mol. The summed E-state index contributed by atoms with van der Waals surface area (Å²) in [6, 6.07) is 18.0. The van der Waals surface area contributed by atoms with E-state index in [1.807, 2.05) is 65.6 Å². The fraction of sp³-hybridized carbons (Fsp3) is 0.500. The maximum atomic E-state index is 13.8. The number of halogens is 3. The third kappa shape index (κ3) is 5.79. The number of esters is 1. The molecule has 4 aliphatic heterocycles. The Morgan fingerprint density at radius 2 is 1.56 bits per heavy atom. The number of carbonyl (C=O) groups excluding carboxylic acids is 2. The van der Waals surface area contributed by atoms with Gasteiger partial charge in [0.2, 0.25) is 5.78 Å². The Morgan fingerprint density at radius 3 is 2.17 bits per heavy atom. The summed E-state index contributed by atoms with van der Waals surface area (Å²) in [5.41, 5.74) is 1.49. The first kappa shape index (κ1) is 26.7. The van der Waals surface area contributed by atoms with Crippen molar-refractivity contribution in [1.82, 2.24) is 4.90 Å². The molecular formula is C28H33ClF2N2O3. The van der Waals surface area contributed by atoms with E-state index in [-0.39, 0.29) is 62.1 Å². The molecule has 4 fully saturated rings. The minimum Gasteiger partial charge on any atom is -1.00 e. The Balaban J connectivity index is 0.00000304. The van der Waals surface area contributed by atoms with E-state index >= 15 is 0 Å². The highest BCUT2D eigenvalue weighted by molar-refractivity contribution is 5.97. The second-order valence-electron chi connectivity index (χ2n) is 10.4. The van der Waals surface area contributed by atoms with Gasteiger partial charge in [-0.25, -0.2) is 13.6 Å². The zero-order valence-corrected chi connectivity index (χ0v) is 21.1. The van der Waals surface area contributed by atoms with Crippen molar-refractivity contribution in [3.8, 4) is 0 Å². The molecule has 0 radical (unpaired) electrons. The van der Waals surface area contributed by atoms with Crippen molar-refractivity contribution in [1.29, 1.82) is 0 Å². The number of carbonyl (C=O) groups is 2. The number of quaternary nitrogens is 1. The molecule has 2 aromatic rings. The van der Waals surface area contributed by atoms with Crippen LogP contribution in [0, 0.1) is 5.92 Å². The molecule has 2 aromatic carbocycles. The van der Waals surface area contributed by atoms with Crippen LogP contribution in [0.2, 0.25) is 0 Å². The topological polar surface area (TPSA) is 46.6 Å². The molecule has 2 atom stereocenters. The fourth-order valence-corrected chi connectivity index (χ4v) is 6.05. The highest BCUT2D eigenvalue weighted by Crippen LogP contribution is 2.38. The average molecular weight is 519 g/mol. The number of rotatable bonds is 7. The first-order valence-corrected chi connectivity index (χ1v) is 12.6. The maximum absolute atomic E-state index is 13.8. The largest absolute Gasteiger partial charge is 1.00 e. The standard InChI is InChI=1S/C28H33F2N2O3.ClH/c29-28(30)13-15-31(16-14-28)26(23-9-5-2-6-10-23)27(34)35-25-20-32(17-11-22(25)12-18-32)19-24(33)21-7-3-1-4-8-21;/h1-10,22,25-26H,11-20H2;1H/q+1;/p-1/t22?,25-,26?,32?;/m0./s1. The van der Waals surface area contributed by atoms with Crippen LogP contribution in [0.3, 0.4) is 0 Å². The number of fused-ring (bicyclic) bond motifs is 3. The van der Waals surface area contributed by atoms with Gasteiger partial charge in [-0.1, -0.05) is 60.7 Å². The van der Waals surface area contributed by atoms with Crippen LogP contribution in [0.25, 0.3) is 0 Å². The number of hydrogen-bond donors (Lipinski definition) is 0. The molecular weight excluding hydrogens is 486 g/mol. The lowest BCUT2D eigenvalue weighted by Gasteiger charge is -2.51. The van der Waals surface area contributed by atoms with Gasteiger partial charge in [-0.3, -0.25) is 9.69 Å². The van der Waals surface area contributed by atoms with E-state index in [0.717, 1.165) is 31.5 Å². The van der Waals surface area contributed by atoms with Crippen molar-refractivity contribution in [2.75, 3.05) is 39.3 Å². The number of likely N-dealkylation sites (tertiary alicyclic amines) is 1. The molecule has 5 nitrogen and oxygen atoms in total. The molecule has 0 N–H and O–H groups in total. The second-order valence-corrected chi connectivity index (χ2v) is 10.4.